The molecule has 3 unspecified atom stereocenters. The van der Waals surface area contributed by atoms with Gasteiger partial charge in [-0.1, -0.05) is 293 Å². The average molecular weight is 1310 g/mol. The summed E-state index contributed by atoms with van der Waals surface area (Å²) in [5.41, 5.74) is 0. The van der Waals surface area contributed by atoms with E-state index in [2.05, 4.69) is 55.4 Å². The first kappa shape index (κ1) is 87.1. The molecule has 17 nitrogen and oxygen atoms in total. The lowest BCUT2D eigenvalue weighted by Gasteiger charge is -2.21. The molecule has 0 aromatic heterocycles. The summed E-state index contributed by atoms with van der Waals surface area (Å²) in [7, 11) is -9.90. The Balaban J connectivity index is 5.10. The third kappa shape index (κ3) is 63.2. The number of aliphatic hydroxyl groups is 1. The van der Waals surface area contributed by atoms with Crippen LogP contribution in [0.1, 0.15) is 344 Å². The molecule has 0 aromatic rings. The third-order valence-corrected chi connectivity index (χ3v) is 18.3. The van der Waals surface area contributed by atoms with E-state index < -0.39 is 97.5 Å². The summed E-state index contributed by atoms with van der Waals surface area (Å²) in [6.45, 7) is 14.0. The molecular weight excluding hydrogens is 1170 g/mol. The van der Waals surface area contributed by atoms with Crippen molar-refractivity contribution in [3.63, 3.8) is 0 Å². The summed E-state index contributed by atoms with van der Waals surface area (Å²) in [5.74, 6) is 0.752. The second-order valence-corrected chi connectivity index (χ2v) is 29.8. The second-order valence-electron chi connectivity index (χ2n) is 26.9. The number of phosphoric acid groups is 2. The maximum atomic E-state index is 13.0. The molecule has 0 spiro atoms. The molecule has 0 rings (SSSR count). The number of aliphatic hydroxyl groups excluding tert-OH is 1. The van der Waals surface area contributed by atoms with Crippen molar-refractivity contribution in [3.05, 3.63) is 0 Å². The van der Waals surface area contributed by atoms with Crippen LogP contribution in [0.3, 0.4) is 0 Å². The van der Waals surface area contributed by atoms with E-state index in [0.717, 1.165) is 108 Å². The van der Waals surface area contributed by atoms with Crippen LogP contribution >= 0.6 is 15.6 Å². The Morgan fingerprint density at radius 2 is 0.539 bits per heavy atom. The molecule has 0 aliphatic heterocycles. The van der Waals surface area contributed by atoms with Gasteiger partial charge in [0, 0.05) is 25.7 Å². The van der Waals surface area contributed by atoms with E-state index in [1.165, 1.54) is 141 Å². The molecule has 0 aromatic carbocycles. The Hall–Kier alpha value is -1.94. The Bertz CT molecular complexity index is 1770. The molecule has 0 heterocycles. The molecule has 0 radical (unpaired) electrons. The Morgan fingerprint density at radius 1 is 0.315 bits per heavy atom. The van der Waals surface area contributed by atoms with Crippen LogP contribution in [0.15, 0.2) is 0 Å². The number of ether oxygens (including phenoxy) is 4. The highest BCUT2D eigenvalue weighted by molar-refractivity contribution is 7.47. The van der Waals surface area contributed by atoms with E-state index >= 15 is 0 Å². The van der Waals surface area contributed by atoms with Crippen LogP contribution < -0.4 is 0 Å². The van der Waals surface area contributed by atoms with Gasteiger partial charge < -0.3 is 33.8 Å². The zero-order chi connectivity index (χ0) is 66.1. The standard InChI is InChI=1S/C70H136O17P2/c1-9-63(8)49-41-33-26-29-37-45-53-70(75)87-66(57-81-68(73)51-43-35-27-24-31-39-47-61(4)5)59-85-89(78,79)83-55-64(71)54-82-88(76,77)84-58-65(86-69(74)52-44-36-28-25-32-40-48-62(6)7)56-80-67(72)50-42-34-23-21-19-17-15-13-11-10-12-14-16-18-20-22-30-38-46-60(2)3/h60-66,71H,9-59H2,1-8H3,(H,76,77)(H,78,79)/t63?,64-,65-,66-/m1/s1. The van der Waals surface area contributed by atoms with Crippen molar-refractivity contribution in [1.82, 2.24) is 0 Å². The lowest BCUT2D eigenvalue weighted by Crippen LogP contribution is -2.30. The predicted octanol–water partition coefficient (Wildman–Crippen LogP) is 19.7. The smallest absolute Gasteiger partial charge is 0.462 e. The lowest BCUT2D eigenvalue weighted by atomic mass is 10.00. The van der Waals surface area contributed by atoms with Crippen LogP contribution in [-0.4, -0.2) is 96.7 Å². The van der Waals surface area contributed by atoms with Crippen molar-refractivity contribution in [2.24, 2.45) is 23.7 Å². The molecule has 528 valence electrons. The van der Waals surface area contributed by atoms with Gasteiger partial charge in [-0.15, -0.1) is 0 Å². The number of phosphoric ester groups is 2. The van der Waals surface area contributed by atoms with Gasteiger partial charge in [0.2, 0.25) is 0 Å². The minimum absolute atomic E-state index is 0.101. The molecular formula is C70H136O17P2. The first-order valence-electron chi connectivity index (χ1n) is 36.2. The zero-order valence-electron chi connectivity index (χ0n) is 58.1. The molecule has 0 saturated carbocycles. The number of carbonyl (C=O) groups excluding carboxylic acids is 4. The van der Waals surface area contributed by atoms with Gasteiger partial charge in [0.05, 0.1) is 26.4 Å². The van der Waals surface area contributed by atoms with Crippen molar-refractivity contribution in [1.29, 1.82) is 0 Å². The number of hydrogen-bond acceptors (Lipinski definition) is 15. The number of unbranched alkanes of at least 4 members (excludes halogenated alkanes) is 32. The highest BCUT2D eigenvalue weighted by atomic mass is 31.2. The van der Waals surface area contributed by atoms with Crippen LogP contribution in [0.4, 0.5) is 0 Å². The van der Waals surface area contributed by atoms with Gasteiger partial charge >= 0.3 is 39.5 Å². The fourth-order valence-corrected chi connectivity index (χ4v) is 12.0. The summed E-state index contributed by atoms with van der Waals surface area (Å²) in [6.07, 6.45) is 42.3. The summed E-state index contributed by atoms with van der Waals surface area (Å²) in [6, 6.07) is 0. The lowest BCUT2D eigenvalue weighted by molar-refractivity contribution is -0.161. The van der Waals surface area contributed by atoms with Crippen LogP contribution in [0.2, 0.25) is 0 Å². The topological polar surface area (TPSA) is 237 Å². The van der Waals surface area contributed by atoms with Gasteiger partial charge in [0.1, 0.15) is 19.3 Å². The molecule has 0 fully saturated rings. The van der Waals surface area contributed by atoms with Gasteiger partial charge in [0.25, 0.3) is 0 Å². The molecule has 0 amide bonds. The van der Waals surface area contributed by atoms with Crippen molar-refractivity contribution < 1.29 is 80.2 Å². The maximum Gasteiger partial charge on any atom is 0.472 e. The SMILES string of the molecule is CCC(C)CCCCCCCCC(=O)O[C@H](COC(=O)CCCCCCCCC(C)C)COP(=O)(O)OC[C@H](O)COP(=O)(O)OC[C@@H](COC(=O)CCCCCCCCCCCCCCCCCCCCC(C)C)OC(=O)CCCCCCCCC(C)C. The molecule has 89 heavy (non-hydrogen) atoms. The van der Waals surface area contributed by atoms with Crippen molar-refractivity contribution in [2.75, 3.05) is 39.6 Å². The Kier molecular flexibility index (Phi) is 58.5. The van der Waals surface area contributed by atoms with E-state index in [4.69, 9.17) is 37.0 Å². The van der Waals surface area contributed by atoms with Crippen molar-refractivity contribution in [2.45, 2.75) is 363 Å². The number of carbonyl (C=O) groups is 4. The Morgan fingerprint density at radius 3 is 0.798 bits per heavy atom. The summed E-state index contributed by atoms with van der Waals surface area (Å²) < 4.78 is 68.1. The van der Waals surface area contributed by atoms with E-state index in [1.54, 1.807) is 0 Å². The summed E-state index contributed by atoms with van der Waals surface area (Å²) in [4.78, 5) is 72.3. The number of esters is 4. The molecule has 19 heteroatoms. The van der Waals surface area contributed by atoms with Crippen LogP contribution in [0.5, 0.6) is 0 Å². The largest absolute Gasteiger partial charge is 0.472 e. The first-order chi connectivity index (χ1) is 42.6. The highest BCUT2D eigenvalue weighted by Gasteiger charge is 2.30. The maximum absolute atomic E-state index is 13.0. The van der Waals surface area contributed by atoms with E-state index in [0.29, 0.717) is 37.5 Å². The fraction of sp³-hybridized carbons (Fsp3) is 0.943. The van der Waals surface area contributed by atoms with Crippen LogP contribution in [0.25, 0.3) is 0 Å². The van der Waals surface area contributed by atoms with Gasteiger partial charge in [-0.05, 0) is 49.4 Å². The molecule has 0 aliphatic rings. The molecule has 6 atom stereocenters. The van der Waals surface area contributed by atoms with Gasteiger partial charge in [0.15, 0.2) is 12.2 Å². The Labute approximate surface area is 543 Å². The van der Waals surface area contributed by atoms with Gasteiger partial charge in [-0.25, -0.2) is 9.13 Å². The minimum Gasteiger partial charge on any atom is -0.462 e. The predicted molar refractivity (Wildman–Crippen MR) is 358 cm³/mol. The van der Waals surface area contributed by atoms with Gasteiger partial charge in [-0.3, -0.25) is 37.3 Å². The van der Waals surface area contributed by atoms with Gasteiger partial charge in [-0.2, -0.15) is 0 Å². The van der Waals surface area contributed by atoms with Crippen LogP contribution in [0, 0.1) is 23.7 Å². The average Bonchev–Trinajstić information content (AvgIpc) is 3.70. The molecule has 0 aliphatic carbocycles. The quantitative estimate of drug-likeness (QED) is 0.0222. The molecule has 0 saturated heterocycles. The summed E-state index contributed by atoms with van der Waals surface area (Å²) in [5, 5.41) is 10.6. The summed E-state index contributed by atoms with van der Waals surface area (Å²) >= 11 is 0. The monoisotopic (exact) mass is 1310 g/mol. The van der Waals surface area contributed by atoms with E-state index in [9.17, 15) is 43.2 Å². The van der Waals surface area contributed by atoms with E-state index in [-0.39, 0.29) is 25.7 Å². The molecule has 0 bridgehead atoms. The zero-order valence-corrected chi connectivity index (χ0v) is 59.8. The van der Waals surface area contributed by atoms with Crippen molar-refractivity contribution >= 4 is 39.5 Å². The number of rotatable bonds is 67. The second kappa shape index (κ2) is 59.8. The minimum atomic E-state index is -4.95. The molecule has 3 N–H and O–H groups in total. The highest BCUT2D eigenvalue weighted by Crippen LogP contribution is 2.45. The number of hydrogen-bond donors (Lipinski definition) is 3. The third-order valence-electron chi connectivity index (χ3n) is 16.4. The normalized spacial score (nSPS) is 14.6. The van der Waals surface area contributed by atoms with E-state index in [1.807, 2.05) is 0 Å². The fourth-order valence-electron chi connectivity index (χ4n) is 10.5. The van der Waals surface area contributed by atoms with Crippen molar-refractivity contribution in [3.8, 4) is 0 Å². The first-order valence-corrected chi connectivity index (χ1v) is 39.2. The van der Waals surface area contributed by atoms with Crippen LogP contribution in [-0.2, 0) is 65.4 Å².